The Balaban J connectivity index is 1.70. The van der Waals surface area contributed by atoms with Gasteiger partial charge < -0.3 is 15.1 Å². The van der Waals surface area contributed by atoms with Crippen LogP contribution in [-0.4, -0.2) is 45.1 Å². The Morgan fingerprint density at radius 2 is 1.77 bits per heavy atom. The van der Waals surface area contributed by atoms with Gasteiger partial charge in [-0.05, 0) is 49.4 Å². The number of amides is 2. The standard InChI is InChI=1S/C25H33ClN4O4S/c1-14(2)13-20(21(31)24-29-30-25(34-24)35-15(3)4)28-23(33)18-7-5-6-8-19(18)27-22(32)16-9-11-17(26)12-10-16/h9-12,14-15,18-20H,5-8,13H2,1-4H3,(H,27,32)(H,28,33)/t18-,19+,20+/m1/s1. The largest absolute Gasteiger partial charge is 0.408 e. The molecule has 1 aliphatic carbocycles. The normalized spacial score (nSPS) is 18.9. The summed E-state index contributed by atoms with van der Waals surface area (Å²) in [5.41, 5.74) is 0.485. The van der Waals surface area contributed by atoms with E-state index in [-0.39, 0.29) is 34.9 Å². The molecule has 1 heterocycles. The lowest BCUT2D eigenvalue weighted by atomic mass is 9.83. The lowest BCUT2D eigenvalue weighted by Gasteiger charge is -2.32. The average Bonchev–Trinajstić information content (AvgIpc) is 3.26. The Morgan fingerprint density at radius 1 is 1.09 bits per heavy atom. The molecule has 0 aliphatic heterocycles. The van der Waals surface area contributed by atoms with Gasteiger partial charge in [0.25, 0.3) is 17.0 Å². The van der Waals surface area contributed by atoms with Gasteiger partial charge in [-0.15, -0.1) is 10.2 Å². The van der Waals surface area contributed by atoms with Crippen LogP contribution in [0.15, 0.2) is 33.9 Å². The third-order valence-corrected chi connectivity index (χ3v) is 6.91. The summed E-state index contributed by atoms with van der Waals surface area (Å²) in [5, 5.41) is 14.9. The predicted molar refractivity (Wildman–Crippen MR) is 136 cm³/mol. The number of nitrogens with one attached hydrogen (secondary N) is 2. The number of carbonyl (C=O) groups excluding carboxylic acids is 3. The van der Waals surface area contributed by atoms with Gasteiger partial charge in [-0.25, -0.2) is 0 Å². The molecule has 0 unspecified atom stereocenters. The van der Waals surface area contributed by atoms with Gasteiger partial charge >= 0.3 is 0 Å². The van der Waals surface area contributed by atoms with Crippen molar-refractivity contribution >= 4 is 41.0 Å². The average molecular weight is 521 g/mol. The highest BCUT2D eigenvalue weighted by Crippen LogP contribution is 2.26. The lowest BCUT2D eigenvalue weighted by Crippen LogP contribution is -2.52. The van der Waals surface area contributed by atoms with Crippen LogP contribution in [-0.2, 0) is 4.79 Å². The number of hydrogen-bond acceptors (Lipinski definition) is 7. The molecule has 35 heavy (non-hydrogen) atoms. The van der Waals surface area contributed by atoms with Gasteiger partial charge in [-0.3, -0.25) is 14.4 Å². The van der Waals surface area contributed by atoms with Crippen LogP contribution in [0.4, 0.5) is 0 Å². The monoisotopic (exact) mass is 520 g/mol. The van der Waals surface area contributed by atoms with Crippen molar-refractivity contribution in [3.05, 3.63) is 40.7 Å². The van der Waals surface area contributed by atoms with Gasteiger partial charge in [0, 0.05) is 21.9 Å². The number of nitrogens with zero attached hydrogens (tertiary/aromatic N) is 2. The summed E-state index contributed by atoms with van der Waals surface area (Å²) < 4.78 is 5.55. The van der Waals surface area contributed by atoms with Crippen molar-refractivity contribution in [1.82, 2.24) is 20.8 Å². The van der Waals surface area contributed by atoms with Crippen molar-refractivity contribution in [3.8, 4) is 0 Å². The molecular formula is C25H33ClN4O4S. The number of halogens is 1. The Hall–Kier alpha value is -2.39. The molecule has 0 bridgehead atoms. The number of Topliss-reactive ketones (excluding diaryl/α,β-unsaturated/α-hetero) is 1. The first-order chi connectivity index (χ1) is 16.6. The summed E-state index contributed by atoms with van der Waals surface area (Å²) in [4.78, 5) is 39.3. The van der Waals surface area contributed by atoms with Crippen LogP contribution in [0, 0.1) is 11.8 Å². The van der Waals surface area contributed by atoms with Crippen molar-refractivity contribution in [2.24, 2.45) is 11.8 Å². The van der Waals surface area contributed by atoms with Gasteiger partial charge in [0.05, 0.1) is 12.0 Å². The summed E-state index contributed by atoms with van der Waals surface area (Å²) in [6.07, 6.45) is 3.57. The van der Waals surface area contributed by atoms with E-state index in [2.05, 4.69) is 20.8 Å². The fraction of sp³-hybridized carbons (Fsp3) is 0.560. The van der Waals surface area contributed by atoms with Crippen LogP contribution in [0.25, 0.3) is 0 Å². The molecule has 3 atom stereocenters. The van der Waals surface area contributed by atoms with E-state index in [0.29, 0.717) is 35.1 Å². The fourth-order valence-electron chi connectivity index (χ4n) is 4.16. The van der Waals surface area contributed by atoms with Crippen molar-refractivity contribution in [2.45, 2.75) is 82.4 Å². The van der Waals surface area contributed by atoms with E-state index < -0.39 is 17.7 Å². The Bertz CT molecular complexity index is 1020. The van der Waals surface area contributed by atoms with Crippen LogP contribution in [0.2, 0.25) is 5.02 Å². The Labute approximate surface area is 215 Å². The second kappa shape index (κ2) is 12.5. The summed E-state index contributed by atoms with van der Waals surface area (Å²) >= 11 is 7.30. The number of benzene rings is 1. The zero-order valence-corrected chi connectivity index (χ0v) is 22.1. The van der Waals surface area contributed by atoms with Gasteiger partial charge in [0.2, 0.25) is 11.7 Å². The number of ketones is 1. The minimum absolute atomic E-state index is 0.102. The van der Waals surface area contributed by atoms with E-state index in [0.717, 1.165) is 12.8 Å². The molecular weight excluding hydrogens is 488 g/mol. The van der Waals surface area contributed by atoms with E-state index in [9.17, 15) is 14.4 Å². The molecule has 1 aliphatic rings. The molecule has 1 fully saturated rings. The van der Waals surface area contributed by atoms with Crippen LogP contribution in [0.1, 0.15) is 80.8 Å². The van der Waals surface area contributed by atoms with Crippen molar-refractivity contribution in [3.63, 3.8) is 0 Å². The molecule has 190 valence electrons. The van der Waals surface area contributed by atoms with Crippen molar-refractivity contribution < 1.29 is 18.8 Å². The summed E-state index contributed by atoms with van der Waals surface area (Å²) in [7, 11) is 0. The van der Waals surface area contributed by atoms with E-state index in [1.165, 1.54) is 11.8 Å². The van der Waals surface area contributed by atoms with Crippen LogP contribution < -0.4 is 10.6 Å². The van der Waals surface area contributed by atoms with Gasteiger partial charge in [0.15, 0.2) is 0 Å². The maximum atomic E-state index is 13.3. The molecule has 2 aromatic rings. The summed E-state index contributed by atoms with van der Waals surface area (Å²) in [5.74, 6) is -1.27. The molecule has 0 radical (unpaired) electrons. The maximum absolute atomic E-state index is 13.3. The number of carbonyl (C=O) groups is 3. The maximum Gasteiger partial charge on any atom is 0.286 e. The SMILES string of the molecule is CC(C)C[C@H](NC(=O)[C@@H]1CCCC[C@@H]1NC(=O)c1ccc(Cl)cc1)C(=O)c1nnc(SC(C)C)o1. The lowest BCUT2D eigenvalue weighted by molar-refractivity contribution is -0.127. The number of aromatic nitrogens is 2. The molecule has 0 spiro atoms. The molecule has 1 saturated carbocycles. The second-order valence-corrected chi connectivity index (χ2v) is 11.5. The molecule has 2 amide bonds. The highest BCUT2D eigenvalue weighted by Gasteiger charge is 2.35. The minimum Gasteiger partial charge on any atom is -0.408 e. The first kappa shape index (κ1) is 27.2. The molecule has 10 heteroatoms. The van der Waals surface area contributed by atoms with E-state index in [1.807, 2.05) is 27.7 Å². The molecule has 2 N–H and O–H groups in total. The molecule has 1 aromatic heterocycles. The zero-order valence-electron chi connectivity index (χ0n) is 20.5. The molecule has 1 aromatic carbocycles. The predicted octanol–water partition coefficient (Wildman–Crippen LogP) is 4.93. The second-order valence-electron chi connectivity index (χ2n) is 9.57. The highest BCUT2D eigenvalue weighted by atomic mass is 35.5. The third-order valence-electron chi connectivity index (χ3n) is 5.82. The highest BCUT2D eigenvalue weighted by molar-refractivity contribution is 7.99. The first-order valence-electron chi connectivity index (χ1n) is 12.0. The Morgan fingerprint density at radius 3 is 2.43 bits per heavy atom. The van der Waals surface area contributed by atoms with Gasteiger partial charge in [-0.2, -0.15) is 0 Å². The number of hydrogen-bond donors (Lipinski definition) is 2. The zero-order chi connectivity index (χ0) is 25.5. The van der Waals surface area contributed by atoms with Crippen LogP contribution >= 0.6 is 23.4 Å². The molecule has 0 saturated heterocycles. The van der Waals surface area contributed by atoms with E-state index in [1.54, 1.807) is 24.3 Å². The van der Waals surface area contributed by atoms with E-state index >= 15 is 0 Å². The van der Waals surface area contributed by atoms with Crippen LogP contribution in [0.3, 0.4) is 0 Å². The van der Waals surface area contributed by atoms with Gasteiger partial charge in [0.1, 0.15) is 0 Å². The van der Waals surface area contributed by atoms with E-state index in [4.69, 9.17) is 16.0 Å². The number of rotatable bonds is 10. The smallest absolute Gasteiger partial charge is 0.286 e. The minimum atomic E-state index is -0.783. The first-order valence-corrected chi connectivity index (χ1v) is 13.3. The van der Waals surface area contributed by atoms with Gasteiger partial charge in [-0.1, -0.05) is 63.9 Å². The summed E-state index contributed by atoms with van der Waals surface area (Å²) in [6, 6.07) is 5.53. The number of thioether (sulfide) groups is 1. The topological polar surface area (TPSA) is 114 Å². The van der Waals surface area contributed by atoms with Crippen molar-refractivity contribution in [1.29, 1.82) is 0 Å². The van der Waals surface area contributed by atoms with Crippen LogP contribution in [0.5, 0.6) is 0 Å². The third kappa shape index (κ3) is 7.80. The molecule has 8 nitrogen and oxygen atoms in total. The molecule has 3 rings (SSSR count). The Kier molecular flexibility index (Phi) is 9.74. The summed E-state index contributed by atoms with van der Waals surface area (Å²) in [6.45, 7) is 7.95. The quantitative estimate of drug-likeness (QED) is 0.337. The fourth-order valence-corrected chi connectivity index (χ4v) is 4.90. The van der Waals surface area contributed by atoms with Crippen molar-refractivity contribution in [2.75, 3.05) is 0 Å².